The molecule has 0 radical (unpaired) electrons. The van der Waals surface area contributed by atoms with E-state index in [1.54, 1.807) is 201 Å². The van der Waals surface area contributed by atoms with Crippen LogP contribution >= 0.6 is 11.5 Å². The van der Waals surface area contributed by atoms with E-state index in [2.05, 4.69) is 96.7 Å². The van der Waals surface area contributed by atoms with Gasteiger partial charge in [-0.05, 0) is 161 Å². The summed E-state index contributed by atoms with van der Waals surface area (Å²) < 4.78 is 16.1. The van der Waals surface area contributed by atoms with Crippen molar-refractivity contribution in [3.63, 3.8) is 0 Å². The number of benzene rings is 14. The predicted octanol–water partition coefficient (Wildman–Crippen LogP) is 20.6. The number of nitrogens with one attached hydrogen (secondary N) is 4. The number of carbonyl (C=O) groups is 7. The fraction of sp³-hybridized carbons (Fsp3) is 0.0105. The average molecular weight is 1770 g/mol. The van der Waals surface area contributed by atoms with Gasteiger partial charge in [-0.2, -0.15) is 19.0 Å². The highest BCUT2D eigenvalue weighted by Crippen LogP contribution is 2.46. The van der Waals surface area contributed by atoms with Gasteiger partial charge < -0.3 is 67.8 Å². The second-order valence-corrected chi connectivity index (χ2v) is 29.2. The number of para-hydroxylation sites is 4. The molecule has 14 aromatic carbocycles. The third-order valence-corrected chi connectivity index (χ3v) is 20.5. The van der Waals surface area contributed by atoms with Crippen LogP contribution in [0.2, 0.25) is 0 Å². The Labute approximate surface area is 748 Å². The lowest BCUT2D eigenvalue weighted by Gasteiger charge is -2.11. The van der Waals surface area contributed by atoms with E-state index >= 15 is 0 Å². The number of aryl methyl sites for hydroxylation is 1. The van der Waals surface area contributed by atoms with Crippen LogP contribution in [0.15, 0.2) is 354 Å². The summed E-state index contributed by atoms with van der Waals surface area (Å²) in [4.78, 5) is 103. The number of phenolic OH excluding ortho intramolecular Hbond substituents is 4. The number of azo groups is 4. The summed E-state index contributed by atoms with van der Waals surface area (Å²) in [7, 11) is 0. The van der Waals surface area contributed by atoms with Crippen molar-refractivity contribution in [3.05, 3.63) is 349 Å². The number of aromatic nitrogens is 8. The van der Waals surface area contributed by atoms with E-state index < -0.39 is 41.4 Å². The maximum atomic E-state index is 13.1. The number of nitrogens with zero attached hydrogens (tertiary/aromatic N) is 16. The van der Waals surface area contributed by atoms with Crippen LogP contribution in [0.4, 0.5) is 68.2 Å². The predicted molar refractivity (Wildman–Crippen MR) is 494 cm³/mol. The Morgan fingerprint density at radius 2 is 0.765 bits per heavy atom. The van der Waals surface area contributed by atoms with Crippen molar-refractivity contribution in [2.24, 2.45) is 58.1 Å². The summed E-state index contributed by atoms with van der Waals surface area (Å²) in [5, 5.41) is 103. The molecule has 14 N–H and O–H groups in total. The largest absolute Gasteiger partial charge is 0.505 e. The standard InChI is InChI=1S/C26H18N6O4S.C26H18N4O4.C23H16N8O2.C20H15N5O3/c27-23(34)13-5-8-16(9-6-13)29-25(36)19-11-14-3-1-2-4-17(14)21(22(19)33)30-31-26-18-12-15(24(28)35)7-10-20(18)32-37-26;27-25(32)24-22(18-12-6-7-13-20(18)34-24)30-29-21-17-11-5-4-8-15(17)14-19(23(21)31)26(33)28-16-9-2-1-3-10-16;32-20-18(21(33)27-16-8-2-1-3-9-16)13-15-7-4-5-10-17(15)19(20)28-29-22-26-14-31(30-22)23-24-11-6-12-25-23;1-12-21-20(28-25-12)24-23-17-15-10-6-5-7-13(15)11-16(18(17)26)19(27)22-14-8-3-2-4-9-14/h1-12,33H,(H2,27,34)(H2,28,35)(H,29,36);1-14,31H,(H2,27,32)(H,28,33);1-14,32H,(H,27,33);2-11,26H,1H3,(H,22,27). The van der Waals surface area contributed by atoms with Crippen LogP contribution < -0.4 is 38.5 Å². The molecule has 5 aromatic heterocycles. The fourth-order valence-electron chi connectivity index (χ4n) is 13.4. The summed E-state index contributed by atoms with van der Waals surface area (Å²) in [6.45, 7) is 1.66. The molecule has 0 aliphatic rings. The van der Waals surface area contributed by atoms with Crippen LogP contribution in [0.25, 0.3) is 70.9 Å². The molecule has 37 heteroatoms. The Hall–Kier alpha value is -19.2. The van der Waals surface area contributed by atoms with Crippen molar-refractivity contribution in [2.75, 3.05) is 21.3 Å². The third kappa shape index (κ3) is 19.5. The Morgan fingerprint density at radius 3 is 1.20 bits per heavy atom. The van der Waals surface area contributed by atoms with Crippen molar-refractivity contribution in [1.82, 2.24) is 39.2 Å². The molecule has 5 heterocycles. The third-order valence-electron chi connectivity index (χ3n) is 19.7. The van der Waals surface area contributed by atoms with Gasteiger partial charge in [0.15, 0.2) is 33.8 Å². The number of rotatable bonds is 20. The van der Waals surface area contributed by atoms with Crippen molar-refractivity contribution in [2.45, 2.75) is 6.92 Å². The van der Waals surface area contributed by atoms with E-state index in [4.69, 9.17) is 26.1 Å². The zero-order valence-electron chi connectivity index (χ0n) is 68.6. The fourth-order valence-corrected chi connectivity index (χ4v) is 14.1. The lowest BCUT2D eigenvalue weighted by atomic mass is 10.0. The molecule has 36 nitrogen and oxygen atoms in total. The Bertz CT molecular complexity index is 7810. The molecular weight excluding hydrogens is 1700 g/mol. The molecule has 0 fully saturated rings. The van der Waals surface area contributed by atoms with Crippen LogP contribution in [0.1, 0.15) is 78.5 Å². The lowest BCUT2D eigenvalue weighted by Crippen LogP contribution is -2.13. The van der Waals surface area contributed by atoms with E-state index in [0.29, 0.717) is 105 Å². The first-order valence-corrected chi connectivity index (χ1v) is 40.4. The van der Waals surface area contributed by atoms with Gasteiger partial charge in [0, 0.05) is 78.6 Å². The van der Waals surface area contributed by atoms with Crippen molar-refractivity contribution in [3.8, 4) is 28.9 Å². The van der Waals surface area contributed by atoms with Gasteiger partial charge in [0.25, 0.3) is 41.4 Å². The summed E-state index contributed by atoms with van der Waals surface area (Å²) in [6, 6.07) is 81.4. The molecule has 0 aliphatic heterocycles. The van der Waals surface area contributed by atoms with E-state index in [9.17, 15) is 54.0 Å². The van der Waals surface area contributed by atoms with Crippen molar-refractivity contribution in [1.29, 1.82) is 0 Å². The Kier molecular flexibility index (Phi) is 25.4. The first kappa shape index (κ1) is 86.3. The number of fused-ring (bicyclic) bond motifs is 6. The van der Waals surface area contributed by atoms with Gasteiger partial charge >= 0.3 is 6.01 Å². The second kappa shape index (κ2) is 38.9. The van der Waals surface area contributed by atoms with Crippen LogP contribution in [-0.2, 0) is 0 Å². The van der Waals surface area contributed by atoms with E-state index in [1.165, 1.54) is 35.3 Å². The highest BCUT2D eigenvalue weighted by molar-refractivity contribution is 7.11. The number of hydrogen-bond donors (Lipinski definition) is 11. The zero-order chi connectivity index (χ0) is 91.9. The summed E-state index contributed by atoms with van der Waals surface area (Å²) in [6.07, 6.45) is 4.58. The quantitative estimate of drug-likeness (QED) is 0.0316. The summed E-state index contributed by atoms with van der Waals surface area (Å²) >= 11 is 1.07. The van der Waals surface area contributed by atoms with Gasteiger partial charge in [-0.15, -0.1) is 40.9 Å². The molecule has 19 aromatic rings. The Morgan fingerprint density at radius 1 is 0.379 bits per heavy atom. The number of phenols is 4. The summed E-state index contributed by atoms with van der Waals surface area (Å²) in [5.74, 6) is -4.61. The number of nitrogens with two attached hydrogens (primary N) is 3. The topological polar surface area (TPSA) is 547 Å². The molecule has 0 saturated heterocycles. The molecule has 0 atom stereocenters. The van der Waals surface area contributed by atoms with E-state index in [-0.39, 0.29) is 91.4 Å². The number of amides is 7. The Balaban J connectivity index is 0.000000129. The normalized spacial score (nSPS) is 11.2. The maximum absolute atomic E-state index is 13.1. The molecule has 0 spiro atoms. The first-order chi connectivity index (χ1) is 64.1. The average Bonchev–Trinajstić information content (AvgIpc) is 1.70. The minimum absolute atomic E-state index is 0.0168. The molecule has 646 valence electrons. The molecule has 0 bridgehead atoms. The highest BCUT2D eigenvalue weighted by atomic mass is 32.1. The van der Waals surface area contributed by atoms with Gasteiger partial charge in [0.1, 0.15) is 40.3 Å². The van der Waals surface area contributed by atoms with Gasteiger partial charge in [-0.1, -0.05) is 174 Å². The highest BCUT2D eigenvalue weighted by Gasteiger charge is 2.26. The van der Waals surface area contributed by atoms with Gasteiger partial charge in [-0.25, -0.2) is 9.97 Å². The lowest BCUT2D eigenvalue weighted by molar-refractivity contribution is 0.0972. The number of primary amides is 3. The van der Waals surface area contributed by atoms with Gasteiger partial charge in [0.2, 0.25) is 17.6 Å². The molecular formula is C95H67N23O13S. The SMILES string of the molecule is Cc1noc(N=Nc2c(O)c(C(=O)Nc3ccccc3)cc3ccccc23)n1.NC(=O)c1ccc(NC(=O)c2cc3ccccc3c(N=Nc3snc4ccc(C(N)=O)cc34)c2O)cc1.NC(=O)c1oc2ccccc2c1N=Nc1c(O)c(C(=O)Nc2ccccc2)cc2ccccc12.O=C(Nc1ccccc1)c1cc2ccccc2c(N=Nc2ncn(-c3ncccn3)n2)c1O. The minimum atomic E-state index is -0.796. The van der Waals surface area contributed by atoms with Crippen molar-refractivity contribution < 1.29 is 62.9 Å². The summed E-state index contributed by atoms with van der Waals surface area (Å²) in [5.41, 5.74) is 20.8. The second-order valence-electron chi connectivity index (χ2n) is 28.4. The number of carbonyl (C=O) groups excluding carboxylic acids is 7. The molecule has 132 heavy (non-hydrogen) atoms. The number of furan rings is 1. The zero-order valence-corrected chi connectivity index (χ0v) is 69.4. The number of anilines is 4. The molecule has 7 amide bonds. The minimum Gasteiger partial charge on any atom is -0.505 e. The number of hydrogen-bond acceptors (Lipinski definition) is 29. The van der Waals surface area contributed by atoms with Crippen LogP contribution in [0.3, 0.4) is 0 Å². The smallest absolute Gasteiger partial charge is 0.366 e. The van der Waals surface area contributed by atoms with E-state index in [1.807, 2.05) is 78.9 Å². The van der Waals surface area contributed by atoms with Crippen molar-refractivity contribution >= 4 is 186 Å². The van der Waals surface area contributed by atoms with Gasteiger partial charge in [-0.3, -0.25) is 33.6 Å². The molecule has 0 aliphatic carbocycles. The monoisotopic (exact) mass is 1770 g/mol. The van der Waals surface area contributed by atoms with Crippen LogP contribution in [0, 0.1) is 6.92 Å². The van der Waals surface area contributed by atoms with Gasteiger partial charge in [0.05, 0.1) is 27.8 Å². The molecule has 19 rings (SSSR count). The first-order valence-electron chi connectivity index (χ1n) is 39.6. The number of aromatic hydroxyl groups is 4. The van der Waals surface area contributed by atoms with Crippen LogP contribution in [0.5, 0.6) is 23.0 Å². The van der Waals surface area contributed by atoms with Crippen LogP contribution in [-0.4, -0.2) is 101 Å². The molecule has 0 unspecified atom stereocenters. The van der Waals surface area contributed by atoms with E-state index in [0.717, 1.165) is 22.3 Å². The molecule has 0 saturated carbocycles. The maximum Gasteiger partial charge on any atom is 0.366 e.